The molecule has 0 radical (unpaired) electrons. The normalized spacial score (nSPS) is 10.7. The first-order valence-electron chi connectivity index (χ1n) is 5.17. The van der Waals surface area contributed by atoms with Gasteiger partial charge in [-0.05, 0) is 24.3 Å². The molecule has 0 spiro atoms. The summed E-state index contributed by atoms with van der Waals surface area (Å²) in [5, 5.41) is 11.7. The van der Waals surface area contributed by atoms with E-state index in [9.17, 15) is 4.79 Å². The Labute approximate surface area is 103 Å². The fourth-order valence-corrected chi connectivity index (χ4v) is 1.28. The third-order valence-corrected chi connectivity index (χ3v) is 2.14. The van der Waals surface area contributed by atoms with Gasteiger partial charge in [0.25, 0.3) is 0 Å². The number of carbonyl (C=O) groups is 1. The van der Waals surface area contributed by atoms with Crippen LogP contribution in [-0.2, 0) is 0 Å². The van der Waals surface area contributed by atoms with E-state index in [1.165, 1.54) is 18.5 Å². The number of anilines is 1. The highest BCUT2D eigenvalue weighted by atomic mass is 16.3. The summed E-state index contributed by atoms with van der Waals surface area (Å²) in [4.78, 5) is 15.8. The summed E-state index contributed by atoms with van der Waals surface area (Å²) in [7, 11) is 0. The molecule has 0 aliphatic carbocycles. The highest BCUT2D eigenvalue weighted by molar-refractivity contribution is 6.09. The number of hydrogen-bond acceptors (Lipinski definition) is 5. The number of furan rings is 1. The molecule has 0 bridgehead atoms. The second-order valence-electron chi connectivity index (χ2n) is 3.34. The van der Waals surface area contributed by atoms with Crippen LogP contribution in [0.15, 0.2) is 59.0 Å². The lowest BCUT2D eigenvalue weighted by molar-refractivity contribution is 0.101. The van der Waals surface area contributed by atoms with E-state index in [1.54, 1.807) is 30.5 Å². The summed E-state index contributed by atoms with van der Waals surface area (Å²) in [5.41, 5.74) is -0.0457. The molecule has 0 aliphatic rings. The predicted molar refractivity (Wildman–Crippen MR) is 64.6 cm³/mol. The summed E-state index contributed by atoms with van der Waals surface area (Å²) >= 11 is 0. The molecule has 0 saturated carbocycles. The Morgan fingerprint density at radius 1 is 1.39 bits per heavy atom. The fraction of sp³-hybridized carbons (Fsp3) is 0. The lowest BCUT2D eigenvalue weighted by Crippen LogP contribution is -2.03. The molecular formula is C13H9N3O2. The predicted octanol–water partition coefficient (Wildman–Crippen LogP) is 2.38. The first kappa shape index (κ1) is 11.6. The third-order valence-electron chi connectivity index (χ3n) is 2.14. The van der Waals surface area contributed by atoms with E-state index in [2.05, 4.69) is 10.3 Å². The standard InChI is InChI=1S/C13H9N3O2/c14-8-10(13(17)11-4-3-7-18-11)9-16-12-5-1-2-6-15-12/h1-7,9H,(H,15,16)/b10-9-. The summed E-state index contributed by atoms with van der Waals surface area (Å²) in [6.07, 6.45) is 4.30. The number of hydrogen-bond donors (Lipinski definition) is 1. The van der Waals surface area contributed by atoms with Gasteiger partial charge in [0.1, 0.15) is 17.5 Å². The van der Waals surface area contributed by atoms with Gasteiger partial charge in [0, 0.05) is 12.4 Å². The molecular weight excluding hydrogens is 230 g/mol. The zero-order chi connectivity index (χ0) is 12.8. The Balaban J connectivity index is 2.15. The van der Waals surface area contributed by atoms with Crippen molar-refractivity contribution in [1.29, 1.82) is 5.26 Å². The summed E-state index contributed by atoms with van der Waals surface area (Å²) in [6, 6.07) is 10.2. The fourth-order valence-electron chi connectivity index (χ4n) is 1.28. The van der Waals surface area contributed by atoms with Gasteiger partial charge in [0.05, 0.1) is 6.26 Å². The molecule has 2 heterocycles. The van der Waals surface area contributed by atoms with Gasteiger partial charge in [-0.1, -0.05) is 6.07 Å². The van der Waals surface area contributed by atoms with Crippen molar-refractivity contribution in [2.24, 2.45) is 0 Å². The molecule has 5 heteroatoms. The summed E-state index contributed by atoms with van der Waals surface area (Å²) in [5.74, 6) is 0.217. The number of ketones is 1. The molecule has 0 amide bonds. The minimum absolute atomic E-state index is 0.0457. The maximum Gasteiger partial charge on any atom is 0.240 e. The van der Waals surface area contributed by atoms with Crippen LogP contribution in [0.3, 0.4) is 0 Å². The minimum atomic E-state index is -0.467. The van der Waals surface area contributed by atoms with E-state index < -0.39 is 5.78 Å². The number of rotatable bonds is 4. The Bertz CT molecular complexity index is 595. The number of pyridine rings is 1. The molecule has 2 aromatic heterocycles. The van der Waals surface area contributed by atoms with Crippen LogP contribution in [-0.4, -0.2) is 10.8 Å². The molecule has 1 N–H and O–H groups in total. The molecule has 88 valence electrons. The van der Waals surface area contributed by atoms with Crippen LogP contribution in [0.1, 0.15) is 10.6 Å². The molecule has 0 aromatic carbocycles. The van der Waals surface area contributed by atoms with Gasteiger partial charge < -0.3 is 9.73 Å². The molecule has 2 rings (SSSR count). The van der Waals surface area contributed by atoms with Gasteiger partial charge in [-0.25, -0.2) is 4.98 Å². The van der Waals surface area contributed by atoms with Crippen LogP contribution in [0, 0.1) is 11.3 Å². The van der Waals surface area contributed by atoms with Crippen LogP contribution in [0.5, 0.6) is 0 Å². The van der Waals surface area contributed by atoms with Crippen LogP contribution >= 0.6 is 0 Å². The lowest BCUT2D eigenvalue weighted by Gasteiger charge is -1.99. The molecule has 0 fully saturated rings. The van der Waals surface area contributed by atoms with Crippen molar-refractivity contribution >= 4 is 11.6 Å². The van der Waals surface area contributed by atoms with Crippen molar-refractivity contribution < 1.29 is 9.21 Å². The van der Waals surface area contributed by atoms with Crippen molar-refractivity contribution in [3.63, 3.8) is 0 Å². The molecule has 5 nitrogen and oxygen atoms in total. The highest BCUT2D eigenvalue weighted by Gasteiger charge is 2.14. The van der Waals surface area contributed by atoms with Gasteiger partial charge in [0.15, 0.2) is 5.76 Å². The largest absolute Gasteiger partial charge is 0.461 e. The molecule has 0 saturated heterocycles. The first-order valence-corrected chi connectivity index (χ1v) is 5.17. The highest BCUT2D eigenvalue weighted by Crippen LogP contribution is 2.09. The van der Waals surface area contributed by atoms with E-state index in [0.29, 0.717) is 5.82 Å². The van der Waals surface area contributed by atoms with Gasteiger partial charge in [-0.2, -0.15) is 5.26 Å². The maximum atomic E-state index is 11.8. The van der Waals surface area contributed by atoms with Crippen LogP contribution in [0.2, 0.25) is 0 Å². The second-order valence-corrected chi connectivity index (χ2v) is 3.34. The third kappa shape index (κ3) is 2.62. The monoisotopic (exact) mass is 239 g/mol. The molecule has 18 heavy (non-hydrogen) atoms. The Morgan fingerprint density at radius 3 is 2.89 bits per heavy atom. The summed E-state index contributed by atoms with van der Waals surface area (Å²) in [6.45, 7) is 0. The number of nitrogens with one attached hydrogen (secondary N) is 1. The van der Waals surface area contributed by atoms with Gasteiger partial charge >= 0.3 is 0 Å². The molecule has 0 atom stereocenters. The van der Waals surface area contributed by atoms with Crippen molar-refractivity contribution in [3.8, 4) is 6.07 Å². The van der Waals surface area contributed by atoms with Gasteiger partial charge in [-0.3, -0.25) is 4.79 Å². The molecule has 0 unspecified atom stereocenters. The lowest BCUT2D eigenvalue weighted by atomic mass is 10.1. The van der Waals surface area contributed by atoms with E-state index in [-0.39, 0.29) is 11.3 Å². The number of allylic oxidation sites excluding steroid dienone is 1. The second kappa shape index (κ2) is 5.46. The SMILES string of the molecule is N#C/C(=C/Nc1ccccn1)C(=O)c1ccco1. The number of carbonyl (C=O) groups excluding carboxylic acids is 1. The number of nitrogens with zero attached hydrogens (tertiary/aromatic N) is 2. The average Bonchev–Trinajstić information content (AvgIpc) is 2.94. The Morgan fingerprint density at radius 2 is 2.28 bits per heavy atom. The quantitative estimate of drug-likeness (QED) is 0.503. The van der Waals surface area contributed by atoms with Gasteiger partial charge in [-0.15, -0.1) is 0 Å². The van der Waals surface area contributed by atoms with E-state index >= 15 is 0 Å². The maximum absolute atomic E-state index is 11.8. The van der Waals surface area contributed by atoms with Crippen LogP contribution < -0.4 is 5.32 Å². The zero-order valence-electron chi connectivity index (χ0n) is 9.33. The smallest absolute Gasteiger partial charge is 0.240 e. The molecule has 0 aliphatic heterocycles. The Kier molecular flexibility index (Phi) is 3.52. The molecule has 2 aromatic rings. The van der Waals surface area contributed by atoms with E-state index in [4.69, 9.17) is 9.68 Å². The van der Waals surface area contributed by atoms with Gasteiger partial charge in [0.2, 0.25) is 5.78 Å². The number of Topliss-reactive ketones (excluding diaryl/α,β-unsaturated/α-hetero) is 1. The van der Waals surface area contributed by atoms with Crippen LogP contribution in [0.25, 0.3) is 0 Å². The minimum Gasteiger partial charge on any atom is -0.461 e. The zero-order valence-corrected chi connectivity index (χ0v) is 9.33. The average molecular weight is 239 g/mol. The Hall–Kier alpha value is -2.87. The number of nitriles is 1. The number of aromatic nitrogens is 1. The van der Waals surface area contributed by atoms with Crippen molar-refractivity contribution in [1.82, 2.24) is 4.98 Å². The van der Waals surface area contributed by atoms with E-state index in [1.807, 2.05) is 6.07 Å². The van der Waals surface area contributed by atoms with Crippen molar-refractivity contribution in [2.45, 2.75) is 0 Å². The van der Waals surface area contributed by atoms with Crippen molar-refractivity contribution in [3.05, 3.63) is 60.3 Å². The first-order chi connectivity index (χ1) is 8.81. The topological polar surface area (TPSA) is 78.9 Å². The summed E-state index contributed by atoms with van der Waals surface area (Å²) < 4.78 is 4.95. The van der Waals surface area contributed by atoms with Crippen molar-refractivity contribution in [2.75, 3.05) is 5.32 Å². The van der Waals surface area contributed by atoms with E-state index in [0.717, 1.165) is 0 Å². The van der Waals surface area contributed by atoms with Crippen LogP contribution in [0.4, 0.5) is 5.82 Å².